The van der Waals surface area contributed by atoms with Gasteiger partial charge in [-0.15, -0.1) is 6.58 Å². The number of phenolic OH excluding ortho intramolecular Hbond substituents is 1. The zero-order valence-electron chi connectivity index (χ0n) is 12.1. The van der Waals surface area contributed by atoms with Crippen molar-refractivity contribution in [2.24, 2.45) is 0 Å². The van der Waals surface area contributed by atoms with E-state index < -0.39 is 0 Å². The summed E-state index contributed by atoms with van der Waals surface area (Å²) in [5.41, 5.74) is 0.488. The van der Waals surface area contributed by atoms with Gasteiger partial charge < -0.3 is 10.4 Å². The van der Waals surface area contributed by atoms with Crippen molar-refractivity contribution in [3.05, 3.63) is 36.9 Å². The highest BCUT2D eigenvalue weighted by Gasteiger charge is 2.05. The quantitative estimate of drug-likeness (QED) is 0.371. The SMILES string of the molecule is C=CCCCCCCCCC(=O)Nc1ccccc1O. The molecular weight excluding hydrogens is 250 g/mol. The van der Waals surface area contributed by atoms with Crippen molar-refractivity contribution in [3.8, 4) is 5.75 Å². The normalized spacial score (nSPS) is 10.2. The summed E-state index contributed by atoms with van der Waals surface area (Å²) in [5, 5.41) is 12.3. The first-order valence-electron chi connectivity index (χ1n) is 7.43. The summed E-state index contributed by atoms with van der Waals surface area (Å²) in [7, 11) is 0. The Morgan fingerprint density at radius 1 is 1.10 bits per heavy atom. The Morgan fingerprint density at radius 3 is 2.45 bits per heavy atom. The summed E-state index contributed by atoms with van der Waals surface area (Å²) in [5.74, 6) is 0.0845. The molecule has 0 saturated heterocycles. The molecule has 0 aliphatic heterocycles. The van der Waals surface area contributed by atoms with Crippen LogP contribution in [0.15, 0.2) is 36.9 Å². The number of hydrogen-bond donors (Lipinski definition) is 2. The lowest BCUT2D eigenvalue weighted by Gasteiger charge is -2.06. The lowest BCUT2D eigenvalue weighted by Crippen LogP contribution is -2.11. The molecule has 3 nitrogen and oxygen atoms in total. The van der Waals surface area contributed by atoms with Gasteiger partial charge >= 0.3 is 0 Å². The molecule has 1 amide bonds. The van der Waals surface area contributed by atoms with Gasteiger partial charge in [0.2, 0.25) is 5.91 Å². The fourth-order valence-electron chi connectivity index (χ4n) is 2.07. The van der Waals surface area contributed by atoms with Crippen LogP contribution >= 0.6 is 0 Å². The Balaban J connectivity index is 2.06. The number of anilines is 1. The molecule has 1 rings (SSSR count). The molecule has 20 heavy (non-hydrogen) atoms. The zero-order valence-corrected chi connectivity index (χ0v) is 12.1. The minimum absolute atomic E-state index is 0.0295. The topological polar surface area (TPSA) is 49.3 Å². The predicted octanol–water partition coefficient (Wildman–Crippen LogP) is 4.64. The average molecular weight is 275 g/mol. The maximum Gasteiger partial charge on any atom is 0.224 e. The highest BCUT2D eigenvalue weighted by atomic mass is 16.3. The molecule has 0 unspecified atom stereocenters. The van der Waals surface area contributed by atoms with Crippen LogP contribution in [0.5, 0.6) is 5.75 Å². The highest BCUT2D eigenvalue weighted by Crippen LogP contribution is 2.21. The first-order valence-corrected chi connectivity index (χ1v) is 7.43. The molecule has 0 bridgehead atoms. The van der Waals surface area contributed by atoms with E-state index in [-0.39, 0.29) is 11.7 Å². The van der Waals surface area contributed by atoms with Crippen molar-refractivity contribution in [1.82, 2.24) is 0 Å². The number of amides is 1. The fourth-order valence-corrected chi connectivity index (χ4v) is 2.07. The van der Waals surface area contributed by atoms with Crippen LogP contribution in [0.25, 0.3) is 0 Å². The van der Waals surface area contributed by atoms with Gasteiger partial charge in [0, 0.05) is 6.42 Å². The molecule has 3 heteroatoms. The standard InChI is InChI=1S/C17H25NO2/c1-2-3-4-5-6-7-8-9-14-17(20)18-15-12-10-11-13-16(15)19/h2,10-13,19H,1,3-9,14H2,(H,18,20). The van der Waals surface area contributed by atoms with Crippen LogP contribution in [0.3, 0.4) is 0 Å². The van der Waals surface area contributed by atoms with Crippen molar-refractivity contribution in [2.45, 2.75) is 51.4 Å². The summed E-state index contributed by atoms with van der Waals surface area (Å²) in [6, 6.07) is 6.79. The van der Waals surface area contributed by atoms with Crippen molar-refractivity contribution in [1.29, 1.82) is 0 Å². The number of aromatic hydroxyl groups is 1. The van der Waals surface area contributed by atoms with Gasteiger partial charge in [-0.3, -0.25) is 4.79 Å². The van der Waals surface area contributed by atoms with E-state index in [9.17, 15) is 9.90 Å². The largest absolute Gasteiger partial charge is 0.506 e. The molecule has 0 atom stereocenters. The van der Waals surface area contributed by atoms with E-state index in [0.717, 1.165) is 19.3 Å². The molecule has 1 aromatic rings. The Morgan fingerprint density at radius 2 is 1.75 bits per heavy atom. The van der Waals surface area contributed by atoms with Gasteiger partial charge in [0.1, 0.15) is 5.75 Å². The third kappa shape index (κ3) is 6.98. The van der Waals surface area contributed by atoms with Gasteiger partial charge in [0.15, 0.2) is 0 Å². The summed E-state index contributed by atoms with van der Waals surface area (Å²) < 4.78 is 0. The third-order valence-corrected chi connectivity index (χ3v) is 3.24. The molecule has 2 N–H and O–H groups in total. The second-order valence-corrected chi connectivity index (χ2v) is 5.01. The first kappa shape index (κ1) is 16.3. The summed E-state index contributed by atoms with van der Waals surface area (Å²) in [6.07, 6.45) is 10.4. The van der Waals surface area contributed by atoms with Gasteiger partial charge in [-0.2, -0.15) is 0 Å². The van der Waals surface area contributed by atoms with Crippen LogP contribution in [0.2, 0.25) is 0 Å². The molecule has 0 fully saturated rings. The van der Waals surface area contributed by atoms with E-state index in [0.29, 0.717) is 12.1 Å². The Bertz CT molecular complexity index is 415. The molecule has 110 valence electrons. The van der Waals surface area contributed by atoms with Crippen molar-refractivity contribution in [3.63, 3.8) is 0 Å². The lowest BCUT2D eigenvalue weighted by atomic mass is 10.1. The number of allylic oxidation sites excluding steroid dienone is 1. The van der Waals surface area contributed by atoms with Crippen molar-refractivity contribution < 1.29 is 9.90 Å². The van der Waals surface area contributed by atoms with Crippen molar-refractivity contribution in [2.75, 3.05) is 5.32 Å². The summed E-state index contributed by atoms with van der Waals surface area (Å²) in [6.45, 7) is 3.71. The van der Waals surface area contributed by atoms with Crippen LogP contribution in [-0.2, 0) is 4.79 Å². The number of phenols is 1. The summed E-state index contributed by atoms with van der Waals surface area (Å²) >= 11 is 0. The second kappa shape index (κ2) is 10.1. The maximum absolute atomic E-state index is 11.7. The molecule has 0 saturated carbocycles. The molecule has 1 aromatic carbocycles. The van der Waals surface area contributed by atoms with E-state index in [2.05, 4.69) is 11.9 Å². The van der Waals surface area contributed by atoms with Crippen molar-refractivity contribution >= 4 is 11.6 Å². The Hall–Kier alpha value is -1.77. The number of hydrogen-bond acceptors (Lipinski definition) is 2. The van der Waals surface area contributed by atoms with Crippen LogP contribution in [0, 0.1) is 0 Å². The Kier molecular flexibility index (Phi) is 8.20. The fraction of sp³-hybridized carbons (Fsp3) is 0.471. The van der Waals surface area contributed by atoms with E-state index in [1.165, 1.54) is 25.7 Å². The summed E-state index contributed by atoms with van der Waals surface area (Å²) in [4.78, 5) is 11.7. The first-order chi connectivity index (χ1) is 9.74. The lowest BCUT2D eigenvalue weighted by molar-refractivity contribution is -0.116. The molecule has 0 radical (unpaired) electrons. The predicted molar refractivity (Wildman–Crippen MR) is 83.9 cm³/mol. The zero-order chi connectivity index (χ0) is 14.6. The van der Waals surface area contributed by atoms with Crippen LogP contribution in [0.4, 0.5) is 5.69 Å². The van der Waals surface area contributed by atoms with Crippen LogP contribution in [-0.4, -0.2) is 11.0 Å². The minimum atomic E-state index is -0.0295. The number of unbranched alkanes of at least 4 members (excludes halogenated alkanes) is 6. The van der Waals surface area contributed by atoms with E-state index in [1.54, 1.807) is 24.3 Å². The number of benzene rings is 1. The smallest absolute Gasteiger partial charge is 0.224 e. The second-order valence-electron chi connectivity index (χ2n) is 5.01. The number of carbonyl (C=O) groups is 1. The minimum Gasteiger partial charge on any atom is -0.506 e. The molecule has 0 spiro atoms. The number of para-hydroxylation sites is 2. The molecule has 0 aliphatic carbocycles. The van der Waals surface area contributed by atoms with E-state index in [4.69, 9.17) is 0 Å². The third-order valence-electron chi connectivity index (χ3n) is 3.24. The van der Waals surface area contributed by atoms with Gasteiger partial charge in [0.05, 0.1) is 5.69 Å². The van der Waals surface area contributed by atoms with Crippen LogP contribution in [0.1, 0.15) is 51.4 Å². The highest BCUT2D eigenvalue weighted by molar-refractivity contribution is 5.92. The number of rotatable bonds is 10. The van der Waals surface area contributed by atoms with E-state index in [1.807, 2.05) is 6.08 Å². The molecule has 0 aliphatic rings. The van der Waals surface area contributed by atoms with Crippen LogP contribution < -0.4 is 5.32 Å². The van der Waals surface area contributed by atoms with Gasteiger partial charge in [0.25, 0.3) is 0 Å². The van der Waals surface area contributed by atoms with Gasteiger partial charge in [-0.1, -0.05) is 43.9 Å². The van der Waals surface area contributed by atoms with Gasteiger partial charge in [-0.25, -0.2) is 0 Å². The Labute approximate surface area is 121 Å². The average Bonchev–Trinajstić information content (AvgIpc) is 2.44. The molecule has 0 aromatic heterocycles. The monoisotopic (exact) mass is 275 g/mol. The number of carbonyl (C=O) groups excluding carboxylic acids is 1. The molecular formula is C17H25NO2. The maximum atomic E-state index is 11.7. The van der Waals surface area contributed by atoms with Gasteiger partial charge in [-0.05, 0) is 31.4 Å². The number of nitrogens with one attached hydrogen (secondary N) is 1. The van der Waals surface area contributed by atoms with E-state index >= 15 is 0 Å². The molecule has 0 heterocycles.